The minimum Gasteiger partial charge on any atom is -0.444 e. The lowest BCUT2D eigenvalue weighted by Crippen LogP contribution is -2.38. The summed E-state index contributed by atoms with van der Waals surface area (Å²) < 4.78 is 10.8. The number of rotatable bonds is 9. The molecule has 0 aliphatic rings. The van der Waals surface area contributed by atoms with Gasteiger partial charge in [-0.05, 0) is 45.6 Å². The summed E-state index contributed by atoms with van der Waals surface area (Å²) >= 11 is 0. The van der Waals surface area contributed by atoms with Gasteiger partial charge in [-0.25, -0.2) is 4.79 Å². The lowest BCUT2D eigenvalue weighted by Gasteiger charge is -2.25. The molecule has 1 amide bonds. The Labute approximate surface area is 152 Å². The molecule has 5 heteroatoms. The van der Waals surface area contributed by atoms with Gasteiger partial charge in [0.15, 0.2) is 0 Å². The predicted octanol–water partition coefficient (Wildman–Crippen LogP) is 4.43. The average molecular weight is 351 g/mol. The number of para-hydroxylation sites is 1. The molecule has 1 rings (SSSR count). The van der Waals surface area contributed by atoms with Gasteiger partial charge < -0.3 is 20.1 Å². The van der Waals surface area contributed by atoms with Gasteiger partial charge in [0.2, 0.25) is 0 Å². The van der Waals surface area contributed by atoms with E-state index in [0.717, 1.165) is 17.8 Å². The van der Waals surface area contributed by atoms with Crippen molar-refractivity contribution in [1.82, 2.24) is 5.32 Å². The van der Waals surface area contributed by atoms with E-state index in [-0.39, 0.29) is 6.09 Å². The molecule has 2 N–H and O–H groups in total. The summed E-state index contributed by atoms with van der Waals surface area (Å²) in [5, 5.41) is 6.38. The van der Waals surface area contributed by atoms with Gasteiger partial charge in [0.05, 0.1) is 6.61 Å². The minimum absolute atomic E-state index is 0.299. The van der Waals surface area contributed by atoms with Gasteiger partial charge in [0, 0.05) is 30.9 Å². The van der Waals surface area contributed by atoms with E-state index in [1.807, 2.05) is 39.8 Å². The Morgan fingerprint density at radius 2 is 1.84 bits per heavy atom. The third-order valence-electron chi connectivity index (χ3n) is 3.88. The van der Waals surface area contributed by atoms with E-state index >= 15 is 0 Å². The second-order valence-electron chi connectivity index (χ2n) is 7.56. The van der Waals surface area contributed by atoms with Gasteiger partial charge >= 0.3 is 6.09 Å². The SMILES string of the molecule is CCOCc1ccccc1NCC(CNC(=O)OC(C)(C)C)C(C)C. The fourth-order valence-corrected chi connectivity index (χ4v) is 2.34. The van der Waals surface area contributed by atoms with Gasteiger partial charge in [0.1, 0.15) is 5.60 Å². The molecule has 0 aliphatic carbocycles. The van der Waals surface area contributed by atoms with Crippen molar-refractivity contribution >= 4 is 11.8 Å². The second kappa shape index (κ2) is 10.3. The standard InChI is InChI=1S/C20H34N2O3/c1-7-24-14-16-10-8-9-11-18(16)21-12-17(15(2)3)13-22-19(23)25-20(4,5)6/h8-11,15,17,21H,7,12-14H2,1-6H3,(H,22,23). The maximum atomic E-state index is 11.9. The summed E-state index contributed by atoms with van der Waals surface area (Å²) in [5.41, 5.74) is 1.75. The first kappa shape index (κ1) is 21.3. The van der Waals surface area contributed by atoms with Gasteiger partial charge in [-0.15, -0.1) is 0 Å². The maximum Gasteiger partial charge on any atom is 0.407 e. The van der Waals surface area contributed by atoms with Crippen LogP contribution in [0, 0.1) is 11.8 Å². The summed E-state index contributed by atoms with van der Waals surface area (Å²) in [6, 6.07) is 8.17. The van der Waals surface area contributed by atoms with Crippen molar-refractivity contribution in [3.8, 4) is 0 Å². The summed E-state index contributed by atoms with van der Waals surface area (Å²) in [5.74, 6) is 0.731. The summed E-state index contributed by atoms with van der Waals surface area (Å²) in [6.07, 6.45) is -0.366. The van der Waals surface area contributed by atoms with Crippen LogP contribution in [0.1, 0.15) is 47.1 Å². The Kier molecular flexibility index (Phi) is 8.76. The average Bonchev–Trinajstić information content (AvgIpc) is 2.51. The highest BCUT2D eigenvalue weighted by Crippen LogP contribution is 2.18. The van der Waals surface area contributed by atoms with Crippen molar-refractivity contribution in [1.29, 1.82) is 0 Å². The second-order valence-corrected chi connectivity index (χ2v) is 7.56. The molecule has 0 bridgehead atoms. The molecular formula is C20H34N2O3. The Morgan fingerprint density at radius 3 is 2.44 bits per heavy atom. The van der Waals surface area contributed by atoms with E-state index < -0.39 is 5.60 Å². The monoisotopic (exact) mass is 350 g/mol. The van der Waals surface area contributed by atoms with Gasteiger partial charge in [-0.1, -0.05) is 32.0 Å². The Balaban J connectivity index is 2.57. The van der Waals surface area contributed by atoms with E-state index in [9.17, 15) is 4.79 Å². The fourth-order valence-electron chi connectivity index (χ4n) is 2.34. The smallest absolute Gasteiger partial charge is 0.407 e. The molecule has 0 radical (unpaired) electrons. The van der Waals surface area contributed by atoms with Crippen LogP contribution in [0.2, 0.25) is 0 Å². The fraction of sp³-hybridized carbons (Fsp3) is 0.650. The number of alkyl carbamates (subject to hydrolysis) is 1. The van der Waals surface area contributed by atoms with Crippen molar-refractivity contribution in [3.05, 3.63) is 29.8 Å². The van der Waals surface area contributed by atoms with Crippen molar-refractivity contribution in [2.24, 2.45) is 11.8 Å². The van der Waals surface area contributed by atoms with Crippen molar-refractivity contribution in [2.75, 3.05) is 25.0 Å². The van der Waals surface area contributed by atoms with Crippen molar-refractivity contribution in [3.63, 3.8) is 0 Å². The molecule has 0 spiro atoms. The highest BCUT2D eigenvalue weighted by molar-refractivity contribution is 5.67. The van der Waals surface area contributed by atoms with Crippen molar-refractivity contribution < 1.29 is 14.3 Å². The van der Waals surface area contributed by atoms with E-state index in [1.165, 1.54) is 0 Å². The quantitative estimate of drug-likeness (QED) is 0.691. The van der Waals surface area contributed by atoms with Gasteiger partial charge in [0.25, 0.3) is 0 Å². The highest BCUT2D eigenvalue weighted by atomic mass is 16.6. The number of benzene rings is 1. The molecule has 0 saturated heterocycles. The molecule has 5 nitrogen and oxygen atoms in total. The Bertz CT molecular complexity index is 524. The van der Waals surface area contributed by atoms with Crippen LogP contribution in [0.4, 0.5) is 10.5 Å². The lowest BCUT2D eigenvalue weighted by molar-refractivity contribution is 0.0516. The number of hydrogen-bond acceptors (Lipinski definition) is 4. The Morgan fingerprint density at radius 1 is 1.16 bits per heavy atom. The number of amides is 1. The molecule has 1 aromatic carbocycles. The van der Waals surface area contributed by atoms with Gasteiger partial charge in [-0.2, -0.15) is 0 Å². The third-order valence-corrected chi connectivity index (χ3v) is 3.88. The first-order chi connectivity index (χ1) is 11.7. The number of carbonyl (C=O) groups excluding carboxylic acids is 1. The van der Waals surface area contributed by atoms with E-state index in [0.29, 0.717) is 31.6 Å². The number of anilines is 1. The van der Waals surface area contributed by atoms with Crippen LogP contribution in [-0.4, -0.2) is 31.4 Å². The summed E-state index contributed by atoms with van der Waals surface area (Å²) in [4.78, 5) is 11.9. The molecule has 0 heterocycles. The summed E-state index contributed by atoms with van der Waals surface area (Å²) in [7, 11) is 0. The van der Waals surface area contributed by atoms with Crippen LogP contribution < -0.4 is 10.6 Å². The molecule has 142 valence electrons. The molecule has 1 atom stereocenters. The number of nitrogens with one attached hydrogen (secondary N) is 2. The number of carbonyl (C=O) groups is 1. The molecule has 1 aromatic rings. The molecule has 0 aliphatic heterocycles. The molecule has 0 saturated carbocycles. The van der Waals surface area contributed by atoms with E-state index in [4.69, 9.17) is 9.47 Å². The number of ether oxygens (including phenoxy) is 2. The zero-order chi connectivity index (χ0) is 18.9. The topological polar surface area (TPSA) is 59.6 Å². The van der Waals surface area contributed by atoms with Crippen LogP contribution in [0.3, 0.4) is 0 Å². The van der Waals surface area contributed by atoms with E-state index in [1.54, 1.807) is 0 Å². The van der Waals surface area contributed by atoms with Crippen molar-refractivity contribution in [2.45, 2.75) is 53.8 Å². The molecular weight excluding hydrogens is 316 g/mol. The molecule has 0 aromatic heterocycles. The van der Waals surface area contributed by atoms with Crippen LogP contribution >= 0.6 is 0 Å². The molecule has 25 heavy (non-hydrogen) atoms. The van der Waals surface area contributed by atoms with Crippen LogP contribution in [-0.2, 0) is 16.1 Å². The first-order valence-electron chi connectivity index (χ1n) is 9.09. The Hall–Kier alpha value is -1.75. The lowest BCUT2D eigenvalue weighted by atomic mass is 9.95. The minimum atomic E-state index is -0.478. The normalized spacial score (nSPS) is 12.8. The zero-order valence-corrected chi connectivity index (χ0v) is 16.5. The summed E-state index contributed by atoms with van der Waals surface area (Å²) in [6.45, 7) is 14.6. The molecule has 0 fully saturated rings. The highest BCUT2D eigenvalue weighted by Gasteiger charge is 2.19. The van der Waals surface area contributed by atoms with Crippen LogP contribution in [0.15, 0.2) is 24.3 Å². The first-order valence-corrected chi connectivity index (χ1v) is 9.09. The zero-order valence-electron chi connectivity index (χ0n) is 16.5. The van der Waals surface area contributed by atoms with Crippen LogP contribution in [0.25, 0.3) is 0 Å². The maximum absolute atomic E-state index is 11.9. The predicted molar refractivity (Wildman–Crippen MR) is 103 cm³/mol. The van der Waals surface area contributed by atoms with Crippen LogP contribution in [0.5, 0.6) is 0 Å². The molecule has 1 unspecified atom stereocenters. The van der Waals surface area contributed by atoms with Gasteiger partial charge in [-0.3, -0.25) is 0 Å². The number of hydrogen-bond donors (Lipinski definition) is 2. The largest absolute Gasteiger partial charge is 0.444 e. The van der Waals surface area contributed by atoms with E-state index in [2.05, 4.69) is 36.6 Å². The third kappa shape index (κ3) is 8.77.